The number of hydrogen-bond acceptors (Lipinski definition) is 2. The lowest BCUT2D eigenvalue weighted by Crippen LogP contribution is -2.36. The first-order chi connectivity index (χ1) is 12.0. The molecule has 5 heteroatoms. The molecular weight excluding hydrogens is 380 g/mol. The van der Waals surface area contributed by atoms with Gasteiger partial charge >= 0.3 is 0 Å². The Morgan fingerprint density at radius 3 is 2.76 bits per heavy atom. The summed E-state index contributed by atoms with van der Waals surface area (Å²) < 4.78 is 0.889. The molecule has 2 aliphatic rings. The second-order valence-electron chi connectivity index (χ2n) is 6.73. The van der Waals surface area contributed by atoms with E-state index < -0.39 is 0 Å². The summed E-state index contributed by atoms with van der Waals surface area (Å²) in [7, 11) is 0. The van der Waals surface area contributed by atoms with Gasteiger partial charge in [-0.3, -0.25) is 9.59 Å². The number of anilines is 2. The Morgan fingerprint density at radius 2 is 1.96 bits per heavy atom. The van der Waals surface area contributed by atoms with Gasteiger partial charge in [0, 0.05) is 29.7 Å². The molecule has 1 fully saturated rings. The maximum absolute atomic E-state index is 13.0. The molecular formula is C20H19BrN2O2. The Labute approximate surface area is 155 Å². The SMILES string of the molecule is Cc1ccc(N2CC(C(=O)N3CCc4ccccc43)CC2=O)c(Br)c1. The highest BCUT2D eigenvalue weighted by Crippen LogP contribution is 2.35. The van der Waals surface area contributed by atoms with E-state index >= 15 is 0 Å². The zero-order valence-corrected chi connectivity index (χ0v) is 15.6. The van der Waals surface area contributed by atoms with Crippen molar-refractivity contribution >= 4 is 39.1 Å². The van der Waals surface area contributed by atoms with E-state index in [2.05, 4.69) is 22.0 Å². The van der Waals surface area contributed by atoms with E-state index in [0.29, 0.717) is 13.1 Å². The van der Waals surface area contributed by atoms with Crippen LogP contribution in [0.5, 0.6) is 0 Å². The van der Waals surface area contributed by atoms with Crippen molar-refractivity contribution in [2.75, 3.05) is 22.9 Å². The molecule has 2 heterocycles. The molecule has 2 aromatic carbocycles. The molecule has 1 atom stereocenters. The van der Waals surface area contributed by atoms with E-state index in [1.807, 2.05) is 48.2 Å². The highest BCUT2D eigenvalue weighted by atomic mass is 79.9. The molecule has 0 aliphatic carbocycles. The fraction of sp³-hybridized carbons (Fsp3) is 0.300. The lowest BCUT2D eigenvalue weighted by atomic mass is 10.1. The van der Waals surface area contributed by atoms with Crippen molar-refractivity contribution in [3.05, 3.63) is 58.1 Å². The summed E-state index contributed by atoms with van der Waals surface area (Å²) in [6.45, 7) is 3.16. The van der Waals surface area contributed by atoms with Gasteiger partial charge in [0.2, 0.25) is 11.8 Å². The van der Waals surface area contributed by atoms with Crippen LogP contribution in [0.4, 0.5) is 11.4 Å². The Hall–Kier alpha value is -2.14. The molecule has 0 bridgehead atoms. The molecule has 0 saturated carbocycles. The largest absolute Gasteiger partial charge is 0.312 e. The van der Waals surface area contributed by atoms with Crippen molar-refractivity contribution in [1.29, 1.82) is 0 Å². The number of nitrogens with zero attached hydrogens (tertiary/aromatic N) is 2. The van der Waals surface area contributed by atoms with Crippen molar-refractivity contribution in [3.8, 4) is 0 Å². The maximum atomic E-state index is 13.0. The van der Waals surface area contributed by atoms with Crippen LogP contribution in [0.25, 0.3) is 0 Å². The lowest BCUT2D eigenvalue weighted by molar-refractivity contribution is -0.124. The minimum absolute atomic E-state index is 0.00962. The highest BCUT2D eigenvalue weighted by molar-refractivity contribution is 9.10. The van der Waals surface area contributed by atoms with Gasteiger partial charge in [-0.25, -0.2) is 0 Å². The Kier molecular flexibility index (Phi) is 4.12. The lowest BCUT2D eigenvalue weighted by Gasteiger charge is -2.22. The number of carbonyl (C=O) groups is 2. The number of benzene rings is 2. The first-order valence-corrected chi connectivity index (χ1v) is 9.29. The average Bonchev–Trinajstić information content (AvgIpc) is 3.18. The van der Waals surface area contributed by atoms with Crippen LogP contribution < -0.4 is 9.80 Å². The second kappa shape index (κ2) is 6.30. The van der Waals surface area contributed by atoms with Gasteiger partial charge in [0.25, 0.3) is 0 Å². The first-order valence-electron chi connectivity index (χ1n) is 8.50. The maximum Gasteiger partial charge on any atom is 0.232 e. The highest BCUT2D eigenvalue weighted by Gasteiger charge is 2.39. The molecule has 0 radical (unpaired) electrons. The Morgan fingerprint density at radius 1 is 1.16 bits per heavy atom. The summed E-state index contributed by atoms with van der Waals surface area (Å²) in [5.74, 6) is -0.216. The number of halogens is 1. The molecule has 0 N–H and O–H groups in total. The van der Waals surface area contributed by atoms with Crippen LogP contribution in [-0.2, 0) is 16.0 Å². The van der Waals surface area contributed by atoms with Gasteiger partial charge in [-0.15, -0.1) is 0 Å². The minimum Gasteiger partial charge on any atom is -0.312 e. The van der Waals surface area contributed by atoms with Gasteiger partial charge in [-0.1, -0.05) is 24.3 Å². The van der Waals surface area contributed by atoms with Crippen molar-refractivity contribution in [1.82, 2.24) is 0 Å². The van der Waals surface area contributed by atoms with E-state index in [9.17, 15) is 9.59 Å². The third kappa shape index (κ3) is 2.86. The van der Waals surface area contributed by atoms with Crippen LogP contribution in [0.2, 0.25) is 0 Å². The number of aryl methyl sites for hydroxylation is 1. The summed E-state index contributed by atoms with van der Waals surface area (Å²) in [6.07, 6.45) is 1.16. The van der Waals surface area contributed by atoms with Crippen LogP contribution in [-0.4, -0.2) is 24.9 Å². The van der Waals surface area contributed by atoms with E-state index in [1.54, 1.807) is 4.90 Å². The quantitative estimate of drug-likeness (QED) is 0.773. The predicted molar refractivity (Wildman–Crippen MR) is 102 cm³/mol. The molecule has 2 amide bonds. The molecule has 25 heavy (non-hydrogen) atoms. The van der Waals surface area contributed by atoms with E-state index in [4.69, 9.17) is 0 Å². The normalized spacial score (nSPS) is 19.4. The van der Waals surface area contributed by atoms with Gasteiger partial charge in [0.05, 0.1) is 11.6 Å². The van der Waals surface area contributed by atoms with Gasteiger partial charge in [0.15, 0.2) is 0 Å². The molecule has 2 aliphatic heterocycles. The number of carbonyl (C=O) groups excluding carboxylic acids is 2. The van der Waals surface area contributed by atoms with Gasteiger partial charge in [0.1, 0.15) is 0 Å². The van der Waals surface area contributed by atoms with Crippen molar-refractivity contribution in [3.63, 3.8) is 0 Å². The molecule has 4 nitrogen and oxygen atoms in total. The van der Waals surface area contributed by atoms with Crippen LogP contribution in [0.15, 0.2) is 46.9 Å². The monoisotopic (exact) mass is 398 g/mol. The summed E-state index contributed by atoms with van der Waals surface area (Å²) in [5, 5.41) is 0. The van der Waals surface area contributed by atoms with Gasteiger partial charge in [-0.05, 0) is 58.6 Å². The van der Waals surface area contributed by atoms with E-state index in [0.717, 1.165) is 27.8 Å². The summed E-state index contributed by atoms with van der Waals surface area (Å²) >= 11 is 3.54. The molecule has 1 unspecified atom stereocenters. The summed E-state index contributed by atoms with van der Waals surface area (Å²) in [5.41, 5.74) is 4.17. The Bertz CT molecular complexity index is 865. The molecule has 2 aromatic rings. The predicted octanol–water partition coefficient (Wildman–Crippen LogP) is 3.70. The molecule has 4 rings (SSSR count). The van der Waals surface area contributed by atoms with Crippen molar-refractivity contribution in [2.24, 2.45) is 5.92 Å². The molecule has 1 saturated heterocycles. The molecule has 128 valence electrons. The third-order valence-corrected chi connectivity index (χ3v) is 5.66. The smallest absolute Gasteiger partial charge is 0.232 e. The van der Waals surface area contributed by atoms with Crippen LogP contribution in [0.1, 0.15) is 17.5 Å². The zero-order chi connectivity index (χ0) is 17.6. The van der Waals surface area contributed by atoms with Gasteiger partial charge in [-0.2, -0.15) is 0 Å². The Balaban J connectivity index is 1.55. The van der Waals surface area contributed by atoms with Crippen LogP contribution >= 0.6 is 15.9 Å². The summed E-state index contributed by atoms with van der Waals surface area (Å²) in [4.78, 5) is 29.1. The number of para-hydroxylation sites is 1. The fourth-order valence-corrected chi connectivity index (χ4v) is 4.43. The number of amides is 2. The van der Waals surface area contributed by atoms with Crippen molar-refractivity contribution < 1.29 is 9.59 Å². The summed E-state index contributed by atoms with van der Waals surface area (Å²) in [6, 6.07) is 13.9. The van der Waals surface area contributed by atoms with Crippen LogP contribution in [0.3, 0.4) is 0 Å². The zero-order valence-electron chi connectivity index (χ0n) is 14.0. The first kappa shape index (κ1) is 16.3. The molecule has 0 spiro atoms. The second-order valence-corrected chi connectivity index (χ2v) is 7.58. The number of fused-ring (bicyclic) bond motifs is 1. The molecule has 0 aromatic heterocycles. The van der Waals surface area contributed by atoms with Crippen molar-refractivity contribution in [2.45, 2.75) is 19.8 Å². The average molecular weight is 399 g/mol. The standard InChI is InChI=1S/C20H19BrN2O2/c1-13-6-7-18(16(21)10-13)23-12-15(11-19(23)24)20(25)22-9-8-14-4-2-3-5-17(14)22/h2-7,10,15H,8-9,11-12H2,1H3. The van der Waals surface area contributed by atoms with Gasteiger partial charge < -0.3 is 9.80 Å². The van der Waals surface area contributed by atoms with E-state index in [1.165, 1.54) is 5.56 Å². The number of rotatable bonds is 2. The van der Waals surface area contributed by atoms with Crippen LogP contribution in [0, 0.1) is 12.8 Å². The third-order valence-electron chi connectivity index (χ3n) is 5.02. The number of hydrogen-bond donors (Lipinski definition) is 0. The van der Waals surface area contributed by atoms with E-state index in [-0.39, 0.29) is 24.2 Å². The fourth-order valence-electron chi connectivity index (χ4n) is 3.72. The topological polar surface area (TPSA) is 40.6 Å². The minimum atomic E-state index is -0.285.